The first-order valence-electron chi connectivity index (χ1n) is 10.5. The fourth-order valence-electron chi connectivity index (χ4n) is 4.76. The van der Waals surface area contributed by atoms with Crippen LogP contribution in [0.5, 0.6) is 5.75 Å². The van der Waals surface area contributed by atoms with Gasteiger partial charge in [0.25, 0.3) is 0 Å². The highest BCUT2D eigenvalue weighted by molar-refractivity contribution is 5.77. The molecule has 0 unspecified atom stereocenters. The maximum atomic E-state index is 6.81. The van der Waals surface area contributed by atoms with E-state index in [1.54, 1.807) is 7.11 Å². The highest BCUT2D eigenvalue weighted by Gasteiger charge is 2.44. The van der Waals surface area contributed by atoms with Crippen molar-refractivity contribution < 1.29 is 9.57 Å². The zero-order chi connectivity index (χ0) is 20.7. The zero-order valence-corrected chi connectivity index (χ0v) is 17.7. The largest absolute Gasteiger partial charge is 0.497 e. The predicted octanol–water partition coefficient (Wildman–Crippen LogP) is 6.22. The van der Waals surface area contributed by atoms with Gasteiger partial charge in [0.1, 0.15) is 11.8 Å². The van der Waals surface area contributed by atoms with E-state index in [9.17, 15) is 0 Å². The second kappa shape index (κ2) is 7.33. The highest BCUT2D eigenvalue weighted by Crippen LogP contribution is 2.49. The standard InChI is InChI=1S/C27H27NO2/c1-27(2)25-17-20-11-7-8-12-23(20)24(25)18-26(19-9-5-4-6-10-19)28(30-27)21-13-15-22(29-3)16-14-21/h4-16,18,25-26H,17H2,1-3H3/t25-,26-/m0/s1. The van der Waals surface area contributed by atoms with Crippen molar-refractivity contribution in [3.63, 3.8) is 0 Å². The molecule has 0 N–H and O–H groups in total. The minimum atomic E-state index is -0.353. The molecule has 0 amide bonds. The van der Waals surface area contributed by atoms with Gasteiger partial charge in [0, 0.05) is 5.92 Å². The average molecular weight is 398 g/mol. The molecule has 1 aliphatic carbocycles. The Labute approximate surface area is 178 Å². The van der Waals surface area contributed by atoms with Crippen LogP contribution in [0.2, 0.25) is 0 Å². The molecule has 1 aliphatic heterocycles. The van der Waals surface area contributed by atoms with Crippen LogP contribution in [0.3, 0.4) is 0 Å². The van der Waals surface area contributed by atoms with E-state index in [0.29, 0.717) is 5.92 Å². The van der Waals surface area contributed by atoms with E-state index in [0.717, 1.165) is 17.9 Å². The Balaban J connectivity index is 1.68. The summed E-state index contributed by atoms with van der Waals surface area (Å²) in [4.78, 5) is 6.81. The molecule has 0 bridgehead atoms. The van der Waals surface area contributed by atoms with Crippen LogP contribution in [-0.2, 0) is 11.3 Å². The fourth-order valence-corrected chi connectivity index (χ4v) is 4.76. The molecular formula is C27H27NO2. The van der Waals surface area contributed by atoms with Gasteiger partial charge in [-0.05, 0) is 66.8 Å². The molecule has 5 rings (SSSR count). The Morgan fingerprint density at radius 3 is 2.33 bits per heavy atom. The van der Waals surface area contributed by atoms with Gasteiger partial charge in [0.2, 0.25) is 0 Å². The summed E-state index contributed by atoms with van der Waals surface area (Å²) in [7, 11) is 1.69. The number of hydrogen-bond acceptors (Lipinski definition) is 3. The normalized spacial score (nSPS) is 22.0. The van der Waals surface area contributed by atoms with Crippen molar-refractivity contribution in [1.29, 1.82) is 0 Å². The Morgan fingerprint density at radius 2 is 1.60 bits per heavy atom. The average Bonchev–Trinajstić information content (AvgIpc) is 3.11. The molecule has 3 nitrogen and oxygen atoms in total. The molecule has 3 heteroatoms. The fraction of sp³-hybridized carbons (Fsp3) is 0.259. The van der Waals surface area contributed by atoms with Crippen LogP contribution in [0.25, 0.3) is 5.57 Å². The van der Waals surface area contributed by atoms with Crippen molar-refractivity contribution >= 4 is 11.3 Å². The SMILES string of the molecule is COc1ccc(N2OC(C)(C)[C@H]3Cc4ccccc4C3=C[C@H]2c2ccccc2)cc1. The molecule has 0 fully saturated rings. The summed E-state index contributed by atoms with van der Waals surface area (Å²) in [6.45, 7) is 4.42. The third kappa shape index (κ3) is 3.20. The van der Waals surface area contributed by atoms with Gasteiger partial charge < -0.3 is 4.74 Å². The topological polar surface area (TPSA) is 21.7 Å². The van der Waals surface area contributed by atoms with Crippen LogP contribution < -0.4 is 9.80 Å². The summed E-state index contributed by atoms with van der Waals surface area (Å²) < 4.78 is 5.36. The first-order valence-corrected chi connectivity index (χ1v) is 10.5. The van der Waals surface area contributed by atoms with Gasteiger partial charge in [-0.2, -0.15) is 0 Å². The second-order valence-electron chi connectivity index (χ2n) is 8.61. The molecule has 0 saturated carbocycles. The monoisotopic (exact) mass is 397 g/mol. The molecule has 152 valence electrons. The van der Waals surface area contributed by atoms with Gasteiger partial charge in [-0.15, -0.1) is 0 Å². The molecule has 1 heterocycles. The summed E-state index contributed by atoms with van der Waals surface area (Å²) in [5, 5.41) is 2.07. The van der Waals surface area contributed by atoms with Crippen molar-refractivity contribution in [3.05, 3.63) is 102 Å². The van der Waals surface area contributed by atoms with E-state index in [-0.39, 0.29) is 11.6 Å². The van der Waals surface area contributed by atoms with Crippen molar-refractivity contribution in [1.82, 2.24) is 0 Å². The van der Waals surface area contributed by atoms with Crippen LogP contribution in [-0.4, -0.2) is 12.7 Å². The second-order valence-corrected chi connectivity index (χ2v) is 8.61. The molecule has 0 spiro atoms. The van der Waals surface area contributed by atoms with E-state index in [4.69, 9.17) is 9.57 Å². The Hall–Kier alpha value is -3.04. The predicted molar refractivity (Wildman–Crippen MR) is 121 cm³/mol. The van der Waals surface area contributed by atoms with Gasteiger partial charge >= 0.3 is 0 Å². The van der Waals surface area contributed by atoms with E-state index < -0.39 is 0 Å². The van der Waals surface area contributed by atoms with Crippen LogP contribution in [0.1, 0.15) is 36.6 Å². The van der Waals surface area contributed by atoms with Crippen LogP contribution in [0.4, 0.5) is 5.69 Å². The minimum absolute atomic E-state index is 0.0231. The molecule has 3 aromatic carbocycles. The summed E-state index contributed by atoms with van der Waals surface area (Å²) in [6, 6.07) is 27.5. The number of ether oxygens (including phenoxy) is 1. The van der Waals surface area contributed by atoms with Crippen molar-refractivity contribution in [2.24, 2.45) is 5.92 Å². The summed E-state index contributed by atoms with van der Waals surface area (Å²) in [6.07, 6.45) is 3.41. The molecule has 3 aromatic rings. The Kier molecular flexibility index (Phi) is 4.63. The van der Waals surface area contributed by atoms with Gasteiger partial charge in [-0.3, -0.25) is 4.84 Å². The van der Waals surface area contributed by atoms with Crippen LogP contribution >= 0.6 is 0 Å². The first-order chi connectivity index (χ1) is 14.6. The number of benzene rings is 3. The molecule has 0 aromatic heterocycles. The van der Waals surface area contributed by atoms with E-state index in [2.05, 4.69) is 91.7 Å². The molecule has 30 heavy (non-hydrogen) atoms. The number of methoxy groups -OCH3 is 1. The first kappa shape index (κ1) is 19.0. The number of anilines is 1. The third-order valence-electron chi connectivity index (χ3n) is 6.36. The maximum absolute atomic E-state index is 6.81. The lowest BCUT2D eigenvalue weighted by molar-refractivity contribution is -0.0612. The lowest BCUT2D eigenvalue weighted by atomic mass is 9.84. The van der Waals surface area contributed by atoms with Gasteiger partial charge in [-0.25, -0.2) is 5.06 Å². The highest BCUT2D eigenvalue weighted by atomic mass is 16.7. The van der Waals surface area contributed by atoms with Gasteiger partial charge in [0.05, 0.1) is 18.4 Å². The minimum Gasteiger partial charge on any atom is -0.497 e. The smallest absolute Gasteiger partial charge is 0.119 e. The van der Waals surface area contributed by atoms with Crippen LogP contribution in [0, 0.1) is 5.92 Å². The van der Waals surface area contributed by atoms with E-state index in [1.807, 2.05) is 12.1 Å². The quantitative estimate of drug-likeness (QED) is 0.523. The third-order valence-corrected chi connectivity index (χ3v) is 6.36. The lowest BCUT2D eigenvalue weighted by Gasteiger charge is -2.38. The Morgan fingerprint density at radius 1 is 0.900 bits per heavy atom. The van der Waals surface area contributed by atoms with E-state index >= 15 is 0 Å². The zero-order valence-electron chi connectivity index (χ0n) is 17.7. The maximum Gasteiger partial charge on any atom is 0.119 e. The molecule has 2 atom stereocenters. The summed E-state index contributed by atoms with van der Waals surface area (Å²) >= 11 is 0. The van der Waals surface area contributed by atoms with Crippen molar-refractivity contribution in [2.45, 2.75) is 31.9 Å². The Bertz CT molecular complexity index is 1070. The van der Waals surface area contributed by atoms with Crippen LogP contribution in [0.15, 0.2) is 84.9 Å². The number of hydroxylamine groups is 1. The van der Waals surface area contributed by atoms with E-state index in [1.165, 1.54) is 22.3 Å². The number of rotatable bonds is 3. The molecule has 2 aliphatic rings. The summed E-state index contributed by atoms with van der Waals surface area (Å²) in [5.74, 6) is 1.15. The van der Waals surface area contributed by atoms with Crippen molar-refractivity contribution in [2.75, 3.05) is 12.2 Å². The number of fused-ring (bicyclic) bond motifs is 3. The number of nitrogens with zero attached hydrogens (tertiary/aromatic N) is 1. The van der Waals surface area contributed by atoms with Gasteiger partial charge in [0.15, 0.2) is 0 Å². The molecule has 0 saturated heterocycles. The molecule has 0 radical (unpaired) electrons. The molecular weight excluding hydrogens is 370 g/mol. The lowest BCUT2D eigenvalue weighted by Crippen LogP contribution is -2.41. The van der Waals surface area contributed by atoms with Gasteiger partial charge in [-0.1, -0.05) is 60.7 Å². The van der Waals surface area contributed by atoms with Crippen molar-refractivity contribution in [3.8, 4) is 5.75 Å². The summed E-state index contributed by atoms with van der Waals surface area (Å²) in [5.41, 5.74) is 6.03. The number of hydrogen-bond donors (Lipinski definition) is 0.